The predicted molar refractivity (Wildman–Crippen MR) is 74.7 cm³/mol. The minimum Gasteiger partial charge on any atom is -0.369 e. The second-order valence-corrected chi connectivity index (χ2v) is 6.21. The first-order valence-corrected chi connectivity index (χ1v) is 7.67. The standard InChI is InChI=1S/C12H22FN3O2S/c1-8(19-2)3-12(18)15-5-10-4-9(13)6-16(10)7-11(14)17/h8-10H,3-7H2,1-2H3,(H2,14,17)(H,15,18)/t8-,9+,10+/m1/s1. The van der Waals surface area contributed by atoms with Gasteiger partial charge in [0.1, 0.15) is 6.17 Å². The van der Waals surface area contributed by atoms with E-state index in [9.17, 15) is 14.0 Å². The van der Waals surface area contributed by atoms with Crippen LogP contribution in [0.3, 0.4) is 0 Å². The molecule has 0 bridgehead atoms. The Bertz CT molecular complexity index is 330. The predicted octanol–water partition coefficient (Wildman–Crippen LogP) is 0.142. The fourth-order valence-corrected chi connectivity index (χ4v) is 2.49. The number of carbonyl (C=O) groups excluding carboxylic acids is 2. The number of primary amides is 1. The van der Waals surface area contributed by atoms with Crippen LogP contribution in [-0.4, -0.2) is 60.1 Å². The van der Waals surface area contributed by atoms with E-state index < -0.39 is 12.1 Å². The third-order valence-electron chi connectivity index (χ3n) is 3.25. The molecule has 0 aromatic carbocycles. The van der Waals surface area contributed by atoms with E-state index >= 15 is 0 Å². The Morgan fingerprint density at radius 1 is 1.58 bits per heavy atom. The fraction of sp³-hybridized carbons (Fsp3) is 0.833. The van der Waals surface area contributed by atoms with E-state index in [1.54, 1.807) is 16.7 Å². The summed E-state index contributed by atoms with van der Waals surface area (Å²) in [6, 6.07) is -0.143. The Kier molecular flexibility index (Phi) is 6.57. The number of amides is 2. The number of hydrogen-bond acceptors (Lipinski definition) is 4. The van der Waals surface area contributed by atoms with Crippen LogP contribution in [-0.2, 0) is 9.59 Å². The van der Waals surface area contributed by atoms with Crippen molar-refractivity contribution >= 4 is 23.6 Å². The molecule has 19 heavy (non-hydrogen) atoms. The van der Waals surface area contributed by atoms with Gasteiger partial charge in [-0.2, -0.15) is 11.8 Å². The number of alkyl halides is 1. The lowest BCUT2D eigenvalue weighted by atomic mass is 10.2. The maximum atomic E-state index is 13.4. The summed E-state index contributed by atoms with van der Waals surface area (Å²) in [6.07, 6.45) is 1.79. The summed E-state index contributed by atoms with van der Waals surface area (Å²) >= 11 is 1.63. The Morgan fingerprint density at radius 2 is 2.26 bits per heavy atom. The molecule has 3 N–H and O–H groups in total. The van der Waals surface area contributed by atoms with E-state index in [1.807, 2.05) is 13.2 Å². The first kappa shape index (κ1) is 16.2. The van der Waals surface area contributed by atoms with Gasteiger partial charge in [0.2, 0.25) is 11.8 Å². The molecular formula is C12H22FN3O2S. The van der Waals surface area contributed by atoms with Crippen molar-refractivity contribution in [1.29, 1.82) is 0 Å². The van der Waals surface area contributed by atoms with Crippen LogP contribution in [0.4, 0.5) is 4.39 Å². The van der Waals surface area contributed by atoms with Crippen LogP contribution in [0.2, 0.25) is 0 Å². The van der Waals surface area contributed by atoms with Crippen molar-refractivity contribution in [3.63, 3.8) is 0 Å². The maximum absolute atomic E-state index is 13.4. The average molecular weight is 291 g/mol. The van der Waals surface area contributed by atoms with E-state index in [1.165, 1.54) is 0 Å². The molecule has 1 heterocycles. The molecular weight excluding hydrogens is 269 g/mol. The van der Waals surface area contributed by atoms with Crippen LogP contribution in [0.25, 0.3) is 0 Å². The van der Waals surface area contributed by atoms with Crippen molar-refractivity contribution in [2.45, 2.75) is 37.2 Å². The lowest BCUT2D eigenvalue weighted by Crippen LogP contribution is -2.43. The smallest absolute Gasteiger partial charge is 0.231 e. The number of nitrogens with two attached hydrogens (primary N) is 1. The monoisotopic (exact) mass is 291 g/mol. The first-order valence-electron chi connectivity index (χ1n) is 6.38. The molecule has 0 unspecified atom stereocenters. The lowest BCUT2D eigenvalue weighted by molar-refractivity contribution is -0.121. The van der Waals surface area contributed by atoms with Gasteiger partial charge in [-0.15, -0.1) is 0 Å². The SMILES string of the molecule is CS[C@H](C)CC(=O)NC[C@@H]1C[C@H](F)CN1CC(N)=O. The molecule has 3 atom stereocenters. The van der Waals surface area contributed by atoms with Gasteiger partial charge >= 0.3 is 0 Å². The number of halogens is 1. The van der Waals surface area contributed by atoms with Gasteiger partial charge in [-0.1, -0.05) is 6.92 Å². The third kappa shape index (κ3) is 5.78. The number of nitrogens with zero attached hydrogens (tertiary/aromatic N) is 1. The van der Waals surface area contributed by atoms with Crippen molar-refractivity contribution < 1.29 is 14.0 Å². The molecule has 0 aromatic rings. The van der Waals surface area contributed by atoms with Crippen LogP contribution in [0.1, 0.15) is 19.8 Å². The minimum atomic E-state index is -0.952. The molecule has 1 rings (SSSR count). The number of nitrogens with one attached hydrogen (secondary N) is 1. The average Bonchev–Trinajstić information content (AvgIpc) is 2.65. The molecule has 0 radical (unpaired) electrons. The molecule has 1 saturated heterocycles. The lowest BCUT2D eigenvalue weighted by Gasteiger charge is -2.22. The maximum Gasteiger partial charge on any atom is 0.231 e. The summed E-state index contributed by atoms with van der Waals surface area (Å²) in [4.78, 5) is 24.2. The molecule has 1 aliphatic heterocycles. The van der Waals surface area contributed by atoms with E-state index in [2.05, 4.69) is 5.32 Å². The fourth-order valence-electron chi connectivity index (χ4n) is 2.18. The number of likely N-dealkylation sites (tertiary alicyclic amines) is 1. The van der Waals surface area contributed by atoms with Crippen molar-refractivity contribution in [3.05, 3.63) is 0 Å². The number of rotatable bonds is 7. The van der Waals surface area contributed by atoms with Gasteiger partial charge in [0.15, 0.2) is 0 Å². The largest absolute Gasteiger partial charge is 0.369 e. The van der Waals surface area contributed by atoms with Gasteiger partial charge in [0.05, 0.1) is 6.54 Å². The molecule has 7 heteroatoms. The Hall–Kier alpha value is -0.820. The highest BCUT2D eigenvalue weighted by atomic mass is 32.2. The zero-order valence-electron chi connectivity index (χ0n) is 11.4. The van der Waals surface area contributed by atoms with Gasteiger partial charge in [-0.25, -0.2) is 4.39 Å². The van der Waals surface area contributed by atoms with Crippen LogP contribution in [0.5, 0.6) is 0 Å². The zero-order valence-corrected chi connectivity index (χ0v) is 12.2. The molecule has 0 aliphatic carbocycles. The second-order valence-electron chi connectivity index (χ2n) is 4.94. The van der Waals surface area contributed by atoms with Crippen LogP contribution >= 0.6 is 11.8 Å². The van der Waals surface area contributed by atoms with Crippen molar-refractivity contribution in [3.8, 4) is 0 Å². The Balaban J connectivity index is 2.37. The normalized spacial score (nSPS) is 25.2. The zero-order chi connectivity index (χ0) is 14.4. The highest BCUT2D eigenvalue weighted by molar-refractivity contribution is 7.99. The molecule has 0 aromatic heterocycles. The topological polar surface area (TPSA) is 75.4 Å². The van der Waals surface area contributed by atoms with Crippen molar-refractivity contribution in [1.82, 2.24) is 10.2 Å². The second kappa shape index (κ2) is 7.69. The van der Waals surface area contributed by atoms with Crippen molar-refractivity contribution in [2.24, 2.45) is 5.73 Å². The molecule has 1 aliphatic rings. The third-order valence-corrected chi connectivity index (χ3v) is 4.22. The van der Waals surface area contributed by atoms with Crippen LogP contribution in [0.15, 0.2) is 0 Å². The summed E-state index contributed by atoms with van der Waals surface area (Å²) < 4.78 is 13.4. The van der Waals surface area contributed by atoms with Crippen molar-refractivity contribution in [2.75, 3.05) is 25.9 Å². The van der Waals surface area contributed by atoms with Gasteiger partial charge in [0.25, 0.3) is 0 Å². The van der Waals surface area contributed by atoms with Gasteiger partial charge in [-0.3, -0.25) is 14.5 Å². The summed E-state index contributed by atoms with van der Waals surface area (Å²) in [5, 5.41) is 3.06. The summed E-state index contributed by atoms with van der Waals surface area (Å²) in [7, 11) is 0. The molecule has 2 amide bonds. The molecule has 1 fully saturated rings. The Morgan fingerprint density at radius 3 is 2.84 bits per heavy atom. The highest BCUT2D eigenvalue weighted by Gasteiger charge is 2.32. The quantitative estimate of drug-likeness (QED) is 0.700. The van der Waals surface area contributed by atoms with Gasteiger partial charge < -0.3 is 11.1 Å². The van der Waals surface area contributed by atoms with Gasteiger partial charge in [-0.05, 0) is 12.7 Å². The van der Waals surface area contributed by atoms with E-state index in [-0.39, 0.29) is 30.3 Å². The molecule has 5 nitrogen and oxygen atoms in total. The summed E-state index contributed by atoms with van der Waals surface area (Å²) in [5.41, 5.74) is 5.13. The van der Waals surface area contributed by atoms with Crippen LogP contribution < -0.4 is 11.1 Å². The summed E-state index contributed by atoms with van der Waals surface area (Å²) in [6.45, 7) is 2.61. The molecule has 0 saturated carbocycles. The summed E-state index contributed by atoms with van der Waals surface area (Å²) in [5.74, 6) is -0.510. The minimum absolute atomic E-state index is 0.0387. The number of carbonyl (C=O) groups is 2. The Labute approximate surface area is 117 Å². The number of thioether (sulfide) groups is 1. The molecule has 110 valence electrons. The van der Waals surface area contributed by atoms with E-state index in [0.29, 0.717) is 19.4 Å². The van der Waals surface area contributed by atoms with Gasteiger partial charge in [0, 0.05) is 30.8 Å². The first-order chi connectivity index (χ1) is 8.92. The molecule has 0 spiro atoms. The van der Waals surface area contributed by atoms with E-state index in [4.69, 9.17) is 5.73 Å². The number of hydrogen-bond donors (Lipinski definition) is 2. The van der Waals surface area contributed by atoms with E-state index in [0.717, 1.165) is 0 Å². The highest BCUT2D eigenvalue weighted by Crippen LogP contribution is 2.19. The van der Waals surface area contributed by atoms with Crippen LogP contribution in [0, 0.1) is 0 Å².